The van der Waals surface area contributed by atoms with Crippen molar-refractivity contribution in [1.82, 2.24) is 9.78 Å². The Hall–Kier alpha value is -1.32. The molecule has 4 nitrogen and oxygen atoms in total. The van der Waals surface area contributed by atoms with E-state index < -0.39 is 5.97 Å². The molecule has 78 valence electrons. The predicted octanol–water partition coefficient (Wildman–Crippen LogP) is 1.72. The minimum Gasteiger partial charge on any atom is -0.476 e. The second-order valence-corrected chi connectivity index (χ2v) is 4.50. The van der Waals surface area contributed by atoms with E-state index >= 15 is 0 Å². The second-order valence-electron chi connectivity index (χ2n) is 4.50. The zero-order chi connectivity index (χ0) is 11.1. The molecule has 0 aliphatic heterocycles. The number of carboxylic acid groups (broad SMARTS) is 1. The fraction of sp³-hybridized carbons (Fsp3) is 0.600. The SMILES string of the molecule is Cc1c(C(=O)O)nn(C)c1C(C)(C)C. The van der Waals surface area contributed by atoms with Crippen molar-refractivity contribution in [3.8, 4) is 0 Å². The average molecular weight is 196 g/mol. The highest BCUT2D eigenvalue weighted by Crippen LogP contribution is 2.26. The van der Waals surface area contributed by atoms with Gasteiger partial charge in [0.05, 0.1) is 0 Å². The van der Waals surface area contributed by atoms with E-state index in [9.17, 15) is 4.79 Å². The molecular weight excluding hydrogens is 180 g/mol. The zero-order valence-electron chi connectivity index (χ0n) is 9.25. The predicted molar refractivity (Wildman–Crippen MR) is 53.6 cm³/mol. The maximum Gasteiger partial charge on any atom is 0.356 e. The molecule has 0 saturated heterocycles. The van der Waals surface area contributed by atoms with Crippen molar-refractivity contribution < 1.29 is 9.90 Å². The standard InChI is InChI=1S/C10H16N2O2/c1-6-7(9(13)14)11-12(5)8(6)10(2,3)4/h1-5H3,(H,13,14). The first-order chi connectivity index (χ1) is 6.25. The first-order valence-corrected chi connectivity index (χ1v) is 4.52. The van der Waals surface area contributed by atoms with Crippen LogP contribution in [0.2, 0.25) is 0 Å². The maximum absolute atomic E-state index is 10.8. The number of aromatic carboxylic acids is 1. The topological polar surface area (TPSA) is 55.1 Å². The minimum atomic E-state index is -0.964. The van der Waals surface area contributed by atoms with E-state index in [1.165, 1.54) is 0 Å². The molecule has 0 spiro atoms. The van der Waals surface area contributed by atoms with Crippen molar-refractivity contribution in [2.24, 2.45) is 7.05 Å². The summed E-state index contributed by atoms with van der Waals surface area (Å²) in [6, 6.07) is 0. The van der Waals surface area contributed by atoms with Gasteiger partial charge in [0.1, 0.15) is 0 Å². The van der Waals surface area contributed by atoms with Crippen molar-refractivity contribution >= 4 is 5.97 Å². The van der Waals surface area contributed by atoms with E-state index in [-0.39, 0.29) is 11.1 Å². The molecule has 14 heavy (non-hydrogen) atoms. The number of nitrogens with zero attached hydrogens (tertiary/aromatic N) is 2. The number of hydrogen-bond donors (Lipinski definition) is 1. The van der Waals surface area contributed by atoms with Crippen LogP contribution in [0.15, 0.2) is 0 Å². The highest BCUT2D eigenvalue weighted by Gasteiger charge is 2.25. The third-order valence-corrected chi connectivity index (χ3v) is 2.20. The van der Waals surface area contributed by atoms with Crippen LogP contribution in [-0.2, 0) is 12.5 Å². The molecule has 4 heteroatoms. The lowest BCUT2D eigenvalue weighted by atomic mass is 9.89. The molecule has 0 aromatic carbocycles. The van der Waals surface area contributed by atoms with Gasteiger partial charge in [0.25, 0.3) is 0 Å². The number of aromatic nitrogens is 2. The monoisotopic (exact) mass is 196 g/mol. The molecule has 0 fully saturated rings. The third-order valence-electron chi connectivity index (χ3n) is 2.20. The lowest BCUT2D eigenvalue weighted by Crippen LogP contribution is -2.17. The number of hydrogen-bond acceptors (Lipinski definition) is 2. The van der Waals surface area contributed by atoms with Crippen LogP contribution in [-0.4, -0.2) is 20.9 Å². The van der Waals surface area contributed by atoms with Crippen molar-refractivity contribution in [3.63, 3.8) is 0 Å². The number of carboxylic acids is 1. The summed E-state index contributed by atoms with van der Waals surface area (Å²) in [7, 11) is 1.78. The molecule has 1 N–H and O–H groups in total. The lowest BCUT2D eigenvalue weighted by molar-refractivity contribution is 0.0689. The summed E-state index contributed by atoms with van der Waals surface area (Å²) in [5.74, 6) is -0.964. The van der Waals surface area contributed by atoms with Crippen LogP contribution in [0.4, 0.5) is 0 Å². The molecule has 1 aromatic heterocycles. The van der Waals surface area contributed by atoms with E-state index in [0.29, 0.717) is 0 Å². The van der Waals surface area contributed by atoms with Crippen LogP contribution >= 0.6 is 0 Å². The van der Waals surface area contributed by atoms with Gasteiger partial charge in [-0.3, -0.25) is 4.68 Å². The Morgan fingerprint density at radius 3 is 2.14 bits per heavy atom. The largest absolute Gasteiger partial charge is 0.476 e. The fourth-order valence-corrected chi connectivity index (χ4v) is 1.88. The van der Waals surface area contributed by atoms with Crippen molar-refractivity contribution in [2.75, 3.05) is 0 Å². The van der Waals surface area contributed by atoms with Crippen molar-refractivity contribution in [1.29, 1.82) is 0 Å². The quantitative estimate of drug-likeness (QED) is 0.744. The van der Waals surface area contributed by atoms with Crippen molar-refractivity contribution in [3.05, 3.63) is 17.0 Å². The first kappa shape index (κ1) is 10.8. The molecule has 0 aliphatic carbocycles. The highest BCUT2D eigenvalue weighted by molar-refractivity contribution is 5.87. The van der Waals surface area contributed by atoms with Crippen molar-refractivity contribution in [2.45, 2.75) is 33.1 Å². The average Bonchev–Trinajstić information content (AvgIpc) is 2.24. The number of carbonyl (C=O) groups is 1. The summed E-state index contributed by atoms with van der Waals surface area (Å²) in [4.78, 5) is 10.8. The molecule has 1 heterocycles. The van der Waals surface area contributed by atoms with Gasteiger partial charge in [-0.25, -0.2) is 4.79 Å². The molecule has 0 atom stereocenters. The van der Waals surface area contributed by atoms with Gasteiger partial charge < -0.3 is 5.11 Å². The van der Waals surface area contributed by atoms with Gasteiger partial charge in [0, 0.05) is 23.7 Å². The Morgan fingerprint density at radius 2 is 1.93 bits per heavy atom. The lowest BCUT2D eigenvalue weighted by Gasteiger charge is -2.19. The fourth-order valence-electron chi connectivity index (χ4n) is 1.88. The summed E-state index contributed by atoms with van der Waals surface area (Å²) in [6.45, 7) is 7.94. The van der Waals surface area contributed by atoms with Gasteiger partial charge in [-0.2, -0.15) is 5.10 Å². The molecule has 0 amide bonds. The van der Waals surface area contributed by atoms with Crippen LogP contribution in [0.25, 0.3) is 0 Å². The summed E-state index contributed by atoms with van der Waals surface area (Å²) in [5.41, 5.74) is 1.79. The van der Waals surface area contributed by atoms with E-state index in [1.54, 1.807) is 18.7 Å². The molecule has 0 aliphatic rings. The van der Waals surface area contributed by atoms with Crippen LogP contribution in [0.3, 0.4) is 0 Å². The first-order valence-electron chi connectivity index (χ1n) is 4.52. The smallest absolute Gasteiger partial charge is 0.356 e. The number of rotatable bonds is 1. The van der Waals surface area contributed by atoms with Gasteiger partial charge in [-0.05, 0) is 6.92 Å². The molecule has 0 saturated carbocycles. The Morgan fingerprint density at radius 1 is 1.43 bits per heavy atom. The highest BCUT2D eigenvalue weighted by atomic mass is 16.4. The van der Waals surface area contributed by atoms with Gasteiger partial charge in [0.2, 0.25) is 0 Å². The second kappa shape index (κ2) is 3.12. The van der Waals surface area contributed by atoms with E-state index in [2.05, 4.69) is 5.10 Å². The molecule has 1 aromatic rings. The molecular formula is C10H16N2O2. The maximum atomic E-state index is 10.8. The van der Waals surface area contributed by atoms with Crippen LogP contribution < -0.4 is 0 Å². The van der Waals surface area contributed by atoms with Gasteiger partial charge in [-0.15, -0.1) is 0 Å². The van der Waals surface area contributed by atoms with Gasteiger partial charge in [0.15, 0.2) is 5.69 Å². The molecule has 0 bridgehead atoms. The Balaban J connectivity index is 3.40. The summed E-state index contributed by atoms with van der Waals surface area (Å²) < 4.78 is 1.65. The van der Waals surface area contributed by atoms with E-state index in [1.807, 2.05) is 20.8 Å². The normalized spacial score (nSPS) is 11.8. The van der Waals surface area contributed by atoms with E-state index in [0.717, 1.165) is 11.3 Å². The molecule has 0 radical (unpaired) electrons. The van der Waals surface area contributed by atoms with Gasteiger partial charge >= 0.3 is 5.97 Å². The summed E-state index contributed by atoms with van der Waals surface area (Å²) in [5, 5.41) is 12.9. The zero-order valence-corrected chi connectivity index (χ0v) is 9.25. The van der Waals surface area contributed by atoms with E-state index in [4.69, 9.17) is 5.11 Å². The van der Waals surface area contributed by atoms with Gasteiger partial charge in [-0.1, -0.05) is 20.8 Å². The van der Waals surface area contributed by atoms with Crippen LogP contribution in [0, 0.1) is 6.92 Å². The molecule has 0 unspecified atom stereocenters. The third kappa shape index (κ3) is 1.64. The minimum absolute atomic E-state index is 0.0838. The Bertz CT molecular complexity index is 372. The number of aryl methyl sites for hydroxylation is 1. The Labute approximate surface area is 83.5 Å². The van der Waals surface area contributed by atoms with Crippen LogP contribution in [0.5, 0.6) is 0 Å². The summed E-state index contributed by atoms with van der Waals surface area (Å²) in [6.07, 6.45) is 0. The summed E-state index contributed by atoms with van der Waals surface area (Å²) >= 11 is 0. The molecule has 1 rings (SSSR count). The Kier molecular flexibility index (Phi) is 2.39. The van der Waals surface area contributed by atoms with Crippen LogP contribution in [0.1, 0.15) is 42.5 Å².